The van der Waals surface area contributed by atoms with E-state index >= 15 is 0 Å². The van der Waals surface area contributed by atoms with E-state index in [0.717, 1.165) is 57.8 Å². The summed E-state index contributed by atoms with van der Waals surface area (Å²) in [5, 5.41) is 18.4. The first-order valence-electron chi connectivity index (χ1n) is 23.6. The third-order valence-electron chi connectivity index (χ3n) is 10.4. The molecule has 57 heavy (non-hydrogen) atoms. The van der Waals surface area contributed by atoms with E-state index in [0.29, 0.717) is 12.8 Å². The van der Waals surface area contributed by atoms with Crippen LogP contribution in [-0.2, 0) is 32.7 Å². The molecule has 0 amide bonds. The second-order valence-electron chi connectivity index (χ2n) is 16.1. The van der Waals surface area contributed by atoms with Gasteiger partial charge in [-0.15, -0.1) is 0 Å². The maximum Gasteiger partial charge on any atom is 0.472 e. The number of rotatable bonds is 45. The summed E-state index contributed by atoms with van der Waals surface area (Å²) < 4.78 is 32.8. The number of allylic oxidation sites excluding steroid dienone is 2. The van der Waals surface area contributed by atoms with Crippen molar-refractivity contribution >= 4 is 19.8 Å². The Morgan fingerprint density at radius 3 is 1.26 bits per heavy atom. The highest BCUT2D eigenvalue weighted by Gasteiger charge is 2.27. The van der Waals surface area contributed by atoms with E-state index < -0.39 is 51.8 Å². The summed E-state index contributed by atoms with van der Waals surface area (Å²) in [6, 6.07) is 0. The Labute approximate surface area is 349 Å². The summed E-state index contributed by atoms with van der Waals surface area (Å²) >= 11 is 0. The van der Waals surface area contributed by atoms with Gasteiger partial charge in [-0.25, -0.2) is 4.57 Å². The van der Waals surface area contributed by atoms with Gasteiger partial charge in [0.1, 0.15) is 12.7 Å². The van der Waals surface area contributed by atoms with Crippen LogP contribution < -0.4 is 0 Å². The van der Waals surface area contributed by atoms with Crippen molar-refractivity contribution in [1.82, 2.24) is 0 Å². The van der Waals surface area contributed by atoms with Crippen LogP contribution in [0.15, 0.2) is 12.2 Å². The lowest BCUT2D eigenvalue weighted by atomic mass is 10.0. The van der Waals surface area contributed by atoms with Crippen LogP contribution in [0.2, 0.25) is 0 Å². The number of esters is 2. The first-order valence-corrected chi connectivity index (χ1v) is 25.1. The molecule has 0 saturated heterocycles. The number of phosphoric acid groups is 1. The maximum absolute atomic E-state index is 12.6. The monoisotopic (exact) mass is 833 g/mol. The summed E-state index contributed by atoms with van der Waals surface area (Å²) in [7, 11) is -4.62. The minimum Gasteiger partial charge on any atom is -0.462 e. The molecule has 338 valence electrons. The Hall–Kier alpha value is -1.29. The minimum atomic E-state index is -4.62. The zero-order valence-corrected chi connectivity index (χ0v) is 37.7. The molecule has 10 nitrogen and oxygen atoms in total. The molecule has 3 N–H and O–H groups in total. The molecule has 0 bridgehead atoms. The van der Waals surface area contributed by atoms with Gasteiger partial charge in [0, 0.05) is 12.8 Å². The van der Waals surface area contributed by atoms with Crippen molar-refractivity contribution in [3.8, 4) is 0 Å². The first-order chi connectivity index (χ1) is 27.7. The van der Waals surface area contributed by atoms with Gasteiger partial charge in [-0.05, 0) is 38.5 Å². The lowest BCUT2D eigenvalue weighted by molar-refractivity contribution is -0.161. The third kappa shape index (κ3) is 42.6. The standard InChI is InChI=1S/C46H89O10P/c1-3-5-7-9-11-13-15-17-19-21-22-24-25-27-29-31-33-35-37-45(49)53-41-44(42-55-57(51,52)54-40-43(48)39-47)56-46(50)38-36-34-32-30-28-26-23-20-18-16-14-12-10-8-6-4-2/h20,23,43-44,47-48H,3-19,21-22,24-42H2,1-2H3,(H,51,52)/b23-20-. The first kappa shape index (κ1) is 55.7. The van der Waals surface area contributed by atoms with Crippen molar-refractivity contribution < 1.29 is 47.8 Å². The van der Waals surface area contributed by atoms with Crippen LogP contribution in [0.4, 0.5) is 0 Å². The summed E-state index contributed by atoms with van der Waals surface area (Å²) in [5.74, 6) is -0.921. The van der Waals surface area contributed by atoms with E-state index in [9.17, 15) is 24.2 Å². The van der Waals surface area contributed by atoms with Gasteiger partial charge in [0.15, 0.2) is 6.10 Å². The van der Waals surface area contributed by atoms with Gasteiger partial charge in [0.25, 0.3) is 0 Å². The molecular formula is C46H89O10P. The van der Waals surface area contributed by atoms with Gasteiger partial charge in [-0.3, -0.25) is 18.6 Å². The fourth-order valence-electron chi connectivity index (χ4n) is 6.75. The number of unbranched alkanes of at least 4 members (excludes halogenated alkanes) is 29. The Morgan fingerprint density at radius 2 is 0.860 bits per heavy atom. The molecule has 3 atom stereocenters. The minimum absolute atomic E-state index is 0.179. The van der Waals surface area contributed by atoms with E-state index in [1.807, 2.05) is 0 Å². The molecule has 0 aliphatic carbocycles. The number of ether oxygens (including phenoxy) is 2. The zero-order valence-electron chi connectivity index (χ0n) is 36.8. The molecule has 0 aliphatic rings. The van der Waals surface area contributed by atoms with Crippen LogP contribution in [-0.4, -0.2) is 65.7 Å². The molecule has 0 spiro atoms. The van der Waals surface area contributed by atoms with Crippen LogP contribution in [0, 0.1) is 0 Å². The summed E-state index contributed by atoms with van der Waals surface area (Å²) in [4.78, 5) is 35.1. The molecular weight excluding hydrogens is 743 g/mol. The van der Waals surface area contributed by atoms with Crippen molar-refractivity contribution in [3.05, 3.63) is 12.2 Å². The van der Waals surface area contributed by atoms with E-state index in [1.165, 1.54) is 135 Å². The van der Waals surface area contributed by atoms with Crippen molar-refractivity contribution in [1.29, 1.82) is 0 Å². The van der Waals surface area contributed by atoms with E-state index in [2.05, 4.69) is 26.0 Å². The predicted molar refractivity (Wildman–Crippen MR) is 233 cm³/mol. The lowest BCUT2D eigenvalue weighted by Crippen LogP contribution is -2.29. The average molecular weight is 833 g/mol. The van der Waals surface area contributed by atoms with Crippen LogP contribution in [0.25, 0.3) is 0 Å². The van der Waals surface area contributed by atoms with Crippen LogP contribution >= 0.6 is 7.82 Å². The van der Waals surface area contributed by atoms with Gasteiger partial charge < -0.3 is 24.6 Å². The molecule has 0 aromatic heterocycles. The summed E-state index contributed by atoms with van der Waals surface area (Å²) in [6.07, 6.45) is 41.7. The Bertz CT molecular complexity index is 961. The molecule has 0 fully saturated rings. The van der Waals surface area contributed by atoms with Gasteiger partial charge >= 0.3 is 19.8 Å². The number of carbonyl (C=O) groups is 2. The van der Waals surface area contributed by atoms with Crippen LogP contribution in [0.5, 0.6) is 0 Å². The molecule has 0 rings (SSSR count). The van der Waals surface area contributed by atoms with E-state index in [1.54, 1.807) is 0 Å². The number of phosphoric ester groups is 1. The van der Waals surface area contributed by atoms with Gasteiger partial charge in [0.05, 0.1) is 19.8 Å². The molecule has 0 aliphatic heterocycles. The van der Waals surface area contributed by atoms with E-state index in [4.69, 9.17) is 23.6 Å². The second kappa shape index (κ2) is 42.8. The predicted octanol–water partition coefficient (Wildman–Crippen LogP) is 12.8. The molecule has 0 heterocycles. The molecule has 3 unspecified atom stereocenters. The zero-order chi connectivity index (χ0) is 41.9. The molecule has 0 saturated carbocycles. The highest BCUT2D eigenvalue weighted by atomic mass is 31.2. The van der Waals surface area contributed by atoms with E-state index in [-0.39, 0.29) is 19.4 Å². The third-order valence-corrected chi connectivity index (χ3v) is 11.4. The molecule has 0 aromatic rings. The fourth-order valence-corrected chi connectivity index (χ4v) is 7.54. The summed E-state index contributed by atoms with van der Waals surface area (Å²) in [5.41, 5.74) is 0. The molecule has 11 heteroatoms. The molecule has 0 aromatic carbocycles. The largest absolute Gasteiger partial charge is 0.472 e. The number of hydrogen-bond acceptors (Lipinski definition) is 9. The maximum atomic E-state index is 12.6. The lowest BCUT2D eigenvalue weighted by Gasteiger charge is -2.20. The van der Waals surface area contributed by atoms with Gasteiger partial charge in [-0.2, -0.15) is 0 Å². The average Bonchev–Trinajstić information content (AvgIpc) is 3.20. The van der Waals surface area contributed by atoms with Crippen LogP contribution in [0.1, 0.15) is 232 Å². The number of aliphatic hydroxyl groups excluding tert-OH is 2. The normalized spacial score (nSPS) is 13.8. The Balaban J connectivity index is 4.21. The second-order valence-corrected chi connectivity index (χ2v) is 17.6. The topological polar surface area (TPSA) is 149 Å². The number of carbonyl (C=O) groups excluding carboxylic acids is 2. The quantitative estimate of drug-likeness (QED) is 0.0234. The number of aliphatic hydroxyl groups is 2. The van der Waals surface area contributed by atoms with Crippen molar-refractivity contribution in [2.24, 2.45) is 0 Å². The fraction of sp³-hybridized carbons (Fsp3) is 0.913. The van der Waals surface area contributed by atoms with Crippen molar-refractivity contribution in [2.75, 3.05) is 26.4 Å². The smallest absolute Gasteiger partial charge is 0.462 e. The molecule has 0 radical (unpaired) electrons. The van der Waals surface area contributed by atoms with Gasteiger partial charge in [-0.1, -0.05) is 193 Å². The summed E-state index contributed by atoms with van der Waals surface area (Å²) in [6.45, 7) is 2.41. The Kier molecular flexibility index (Phi) is 41.9. The SMILES string of the molecule is CCCCCCCCC/C=C\CCCCCCCC(=O)OC(COC(=O)CCCCCCCCCCCCCCCCCCCC)COP(=O)(O)OCC(O)CO. The van der Waals surface area contributed by atoms with Crippen LogP contribution in [0.3, 0.4) is 0 Å². The van der Waals surface area contributed by atoms with Crippen molar-refractivity contribution in [3.63, 3.8) is 0 Å². The number of hydrogen-bond donors (Lipinski definition) is 3. The highest BCUT2D eigenvalue weighted by molar-refractivity contribution is 7.47. The Morgan fingerprint density at radius 1 is 0.509 bits per heavy atom. The van der Waals surface area contributed by atoms with Crippen molar-refractivity contribution in [2.45, 2.75) is 244 Å². The highest BCUT2D eigenvalue weighted by Crippen LogP contribution is 2.43. The van der Waals surface area contributed by atoms with Gasteiger partial charge in [0.2, 0.25) is 0 Å².